The topological polar surface area (TPSA) is 108 Å². The van der Waals surface area contributed by atoms with Crippen LogP contribution in [-0.2, 0) is 31.3 Å². The van der Waals surface area contributed by atoms with Crippen molar-refractivity contribution in [3.05, 3.63) is 29.3 Å². The average molecular weight is 525 g/mol. The summed E-state index contributed by atoms with van der Waals surface area (Å²) in [5.74, 6) is -7.40. The fourth-order valence-electron chi connectivity index (χ4n) is 2.91. The van der Waals surface area contributed by atoms with E-state index in [1.54, 1.807) is 5.32 Å². The van der Waals surface area contributed by atoms with Gasteiger partial charge in [0.05, 0.1) is 13.7 Å². The van der Waals surface area contributed by atoms with E-state index in [4.69, 9.17) is 9.47 Å². The number of halogens is 9. The van der Waals surface area contributed by atoms with E-state index in [9.17, 15) is 49.1 Å². The maximum atomic E-state index is 13.1. The van der Waals surface area contributed by atoms with Crippen molar-refractivity contribution in [1.29, 1.82) is 0 Å². The second-order valence-corrected chi connectivity index (χ2v) is 6.99. The smallest absolute Gasteiger partial charge is 0.465 e. The molecule has 0 aliphatic carbocycles. The first kappa shape index (κ1) is 26.3. The molecule has 1 atom stereocenters. The number of nitrogens with one attached hydrogen (secondary N) is 1. The molecule has 2 aliphatic heterocycles. The number of rotatable bonds is 6. The molecule has 0 spiro atoms. The number of carbonyl (C=O) groups is 2. The lowest BCUT2D eigenvalue weighted by atomic mass is 10.0. The van der Waals surface area contributed by atoms with Crippen LogP contribution in [-0.4, -0.2) is 56.1 Å². The van der Waals surface area contributed by atoms with E-state index >= 15 is 0 Å². The Morgan fingerprint density at radius 2 is 1.66 bits per heavy atom. The van der Waals surface area contributed by atoms with E-state index in [0.717, 1.165) is 25.3 Å². The highest BCUT2D eigenvalue weighted by atomic mass is 19.4. The molecule has 1 N–H and O–H groups in total. The van der Waals surface area contributed by atoms with Crippen molar-refractivity contribution < 1.29 is 68.1 Å². The fourth-order valence-corrected chi connectivity index (χ4v) is 2.91. The number of cyclic esters (lactones) is 1. The first-order chi connectivity index (χ1) is 16.0. The molecule has 3 rings (SSSR count). The predicted molar refractivity (Wildman–Crippen MR) is 89.6 cm³/mol. The van der Waals surface area contributed by atoms with Crippen molar-refractivity contribution in [3.63, 3.8) is 0 Å². The van der Waals surface area contributed by atoms with E-state index in [1.807, 2.05) is 0 Å². The summed E-state index contributed by atoms with van der Waals surface area (Å²) in [6.45, 7) is -1.83. The molecule has 1 saturated heterocycles. The van der Waals surface area contributed by atoms with Gasteiger partial charge in [-0.25, -0.2) is 9.59 Å². The number of ether oxygens (including phenoxy) is 4. The van der Waals surface area contributed by atoms with Gasteiger partial charge < -0.3 is 24.3 Å². The molecule has 1 aromatic carbocycles. The maximum Gasteiger partial charge on any atom is 0.465 e. The van der Waals surface area contributed by atoms with Crippen molar-refractivity contribution in [1.82, 2.24) is 5.32 Å². The summed E-state index contributed by atoms with van der Waals surface area (Å²) in [6.07, 6.45) is -21.0. The lowest BCUT2D eigenvalue weighted by Gasteiger charge is -2.30. The third kappa shape index (κ3) is 4.65. The number of amides is 1. The first-order valence-corrected chi connectivity index (χ1v) is 9.10. The van der Waals surface area contributed by atoms with Crippen molar-refractivity contribution in [2.75, 3.05) is 13.7 Å². The molecule has 1 aromatic rings. The molecule has 0 aromatic heterocycles. The lowest BCUT2D eigenvalue weighted by molar-refractivity contribution is -0.439. The van der Waals surface area contributed by atoms with Gasteiger partial charge in [-0.05, 0) is 6.07 Å². The summed E-state index contributed by atoms with van der Waals surface area (Å²) >= 11 is 0. The van der Waals surface area contributed by atoms with Gasteiger partial charge in [0.15, 0.2) is 6.10 Å². The zero-order valence-corrected chi connectivity index (χ0v) is 17.0. The minimum Gasteiger partial charge on any atom is -0.496 e. The second kappa shape index (κ2) is 8.42. The summed E-state index contributed by atoms with van der Waals surface area (Å²) in [5, 5.41) is 7.77. The molecular weight excluding hydrogens is 513 g/mol. The highest BCUT2D eigenvalue weighted by Gasteiger charge is 2.80. The number of nitrogens with zero attached hydrogens (tertiary/aromatic N) is 2. The lowest BCUT2D eigenvalue weighted by Crippen LogP contribution is -2.58. The second-order valence-electron chi connectivity index (χ2n) is 6.99. The van der Waals surface area contributed by atoms with E-state index in [-0.39, 0.29) is 16.9 Å². The Kier molecular flexibility index (Phi) is 6.32. The van der Waals surface area contributed by atoms with Gasteiger partial charge in [0.25, 0.3) is 0 Å². The average Bonchev–Trinajstić information content (AvgIpc) is 3.47. The Bertz CT molecular complexity index is 1020. The third-order valence-corrected chi connectivity index (χ3v) is 4.74. The van der Waals surface area contributed by atoms with Crippen LogP contribution in [0.2, 0.25) is 0 Å². The van der Waals surface area contributed by atoms with E-state index in [2.05, 4.69) is 19.7 Å². The quantitative estimate of drug-likeness (QED) is 0.447. The highest BCUT2D eigenvalue weighted by molar-refractivity contribution is 5.78. The van der Waals surface area contributed by atoms with Crippen molar-refractivity contribution in [2.24, 2.45) is 10.2 Å². The summed E-state index contributed by atoms with van der Waals surface area (Å²) in [4.78, 5) is 23.3. The molecular formula is C17H12F9N3O6. The molecule has 9 nitrogen and oxygen atoms in total. The predicted octanol–water partition coefficient (Wildman–Crippen LogP) is 3.87. The highest BCUT2D eigenvalue weighted by Crippen LogP contribution is 2.53. The molecule has 0 radical (unpaired) electrons. The number of carbonyl (C=O) groups excluding carboxylic acids is 2. The van der Waals surface area contributed by atoms with E-state index in [0.29, 0.717) is 0 Å². The van der Waals surface area contributed by atoms with E-state index < -0.39 is 61.3 Å². The van der Waals surface area contributed by atoms with Crippen LogP contribution >= 0.6 is 0 Å². The summed E-state index contributed by atoms with van der Waals surface area (Å²) in [6, 6.07) is 3.03. The monoisotopic (exact) mass is 525 g/mol. The van der Waals surface area contributed by atoms with Crippen LogP contribution < -0.4 is 10.1 Å². The van der Waals surface area contributed by atoms with Gasteiger partial charge >= 0.3 is 42.0 Å². The summed E-state index contributed by atoms with van der Waals surface area (Å²) < 4.78 is 134. The molecule has 1 amide bonds. The number of alkyl halides is 9. The van der Waals surface area contributed by atoms with Gasteiger partial charge in [0, 0.05) is 11.1 Å². The molecule has 194 valence electrons. The minimum absolute atomic E-state index is 0.0362. The number of benzene rings is 1. The van der Waals surface area contributed by atoms with Crippen molar-refractivity contribution in [3.8, 4) is 5.75 Å². The first-order valence-electron chi connectivity index (χ1n) is 9.10. The molecule has 0 saturated carbocycles. The Labute approximate surface area is 188 Å². The SMILES string of the molecule is COc1cc(C2(C(F)(F)F)N=N2)ccc1COC(=O)NC[C@H]1OC(C(F)(F)F)(C(F)(F)F)OC1=O. The molecule has 0 unspecified atom stereocenters. The van der Waals surface area contributed by atoms with Crippen LogP contribution in [0.3, 0.4) is 0 Å². The summed E-state index contributed by atoms with van der Waals surface area (Å²) in [7, 11) is 1.10. The standard InChI is InChI=1S/C17H12F9N3O6/c1-32-9-4-8(13(28-29-13)15(18,19)20)3-2-7(9)6-33-12(31)27-5-10-11(30)35-14(34-10,16(21,22)23)17(24,25)26/h2-4,10H,5-6H2,1H3,(H,27,31)/t10-/m1/s1. The minimum atomic E-state index is -6.16. The fraction of sp³-hybridized carbons (Fsp3) is 0.529. The van der Waals surface area contributed by atoms with Crippen LogP contribution in [0.5, 0.6) is 5.75 Å². The van der Waals surface area contributed by atoms with Gasteiger partial charge in [0.1, 0.15) is 12.4 Å². The van der Waals surface area contributed by atoms with Gasteiger partial charge in [-0.3, -0.25) is 0 Å². The van der Waals surface area contributed by atoms with Crippen LogP contribution in [0.4, 0.5) is 44.3 Å². The largest absolute Gasteiger partial charge is 0.496 e. The number of hydrogen-bond acceptors (Lipinski definition) is 8. The third-order valence-electron chi connectivity index (χ3n) is 4.74. The zero-order chi connectivity index (χ0) is 26.4. The van der Waals surface area contributed by atoms with Crippen LogP contribution in [0, 0.1) is 0 Å². The maximum absolute atomic E-state index is 13.1. The molecule has 18 heteroatoms. The normalized spacial score (nSPS) is 20.9. The summed E-state index contributed by atoms with van der Waals surface area (Å²) in [5.41, 5.74) is -3.09. The Balaban J connectivity index is 1.60. The Hall–Kier alpha value is -3.31. The van der Waals surface area contributed by atoms with Gasteiger partial charge in [-0.1, -0.05) is 12.1 Å². The Morgan fingerprint density at radius 1 is 1.06 bits per heavy atom. The zero-order valence-electron chi connectivity index (χ0n) is 17.0. The van der Waals surface area contributed by atoms with Crippen molar-refractivity contribution >= 4 is 12.1 Å². The molecule has 2 aliphatic rings. The van der Waals surface area contributed by atoms with Crippen LogP contribution in [0.15, 0.2) is 28.4 Å². The van der Waals surface area contributed by atoms with Gasteiger partial charge in [-0.2, -0.15) is 39.5 Å². The molecule has 35 heavy (non-hydrogen) atoms. The number of hydrogen-bond donors (Lipinski definition) is 1. The number of alkyl carbamates (subject to hydrolysis) is 1. The van der Waals surface area contributed by atoms with Crippen LogP contribution in [0.1, 0.15) is 11.1 Å². The number of methoxy groups -OCH3 is 1. The van der Waals surface area contributed by atoms with Crippen molar-refractivity contribution in [2.45, 2.75) is 42.7 Å². The van der Waals surface area contributed by atoms with Crippen LogP contribution in [0.25, 0.3) is 0 Å². The number of esters is 1. The van der Waals surface area contributed by atoms with E-state index in [1.165, 1.54) is 0 Å². The van der Waals surface area contributed by atoms with Gasteiger partial charge in [0.2, 0.25) is 0 Å². The molecule has 1 fully saturated rings. The molecule has 2 heterocycles. The molecule has 0 bridgehead atoms. The Morgan fingerprint density at radius 3 is 2.11 bits per heavy atom. The van der Waals surface area contributed by atoms with Gasteiger partial charge in [-0.15, -0.1) is 10.2 Å².